The Balaban J connectivity index is 1.65. The minimum absolute atomic E-state index is 0.0265. The fraction of sp³-hybridized carbons (Fsp3) is 0.333. The SMILES string of the molecule is Cc1nnc2n1CC(C(=O)N(Cc1ccco1)c1ccccn1)N(C)C2. The van der Waals surface area contributed by atoms with Crippen LogP contribution in [0.4, 0.5) is 5.82 Å². The van der Waals surface area contributed by atoms with Gasteiger partial charge in [-0.2, -0.15) is 0 Å². The second kappa shape index (κ2) is 6.72. The second-order valence-electron chi connectivity index (χ2n) is 6.40. The van der Waals surface area contributed by atoms with Gasteiger partial charge in [0.1, 0.15) is 29.3 Å². The summed E-state index contributed by atoms with van der Waals surface area (Å²) < 4.78 is 7.46. The molecule has 0 aromatic carbocycles. The summed E-state index contributed by atoms with van der Waals surface area (Å²) in [7, 11) is 1.93. The molecule has 0 spiro atoms. The van der Waals surface area contributed by atoms with Crippen molar-refractivity contribution in [2.45, 2.75) is 32.6 Å². The first-order chi connectivity index (χ1) is 12.6. The van der Waals surface area contributed by atoms with E-state index in [2.05, 4.69) is 15.2 Å². The number of nitrogens with zero attached hydrogens (tertiary/aromatic N) is 6. The molecule has 0 radical (unpaired) electrons. The smallest absolute Gasteiger partial charge is 0.247 e. The molecule has 1 unspecified atom stereocenters. The van der Waals surface area contributed by atoms with Crippen molar-refractivity contribution in [3.63, 3.8) is 0 Å². The summed E-state index contributed by atoms with van der Waals surface area (Å²) in [5.41, 5.74) is 0. The van der Waals surface area contributed by atoms with Crippen LogP contribution in [0.5, 0.6) is 0 Å². The van der Waals surface area contributed by atoms with E-state index in [9.17, 15) is 4.79 Å². The van der Waals surface area contributed by atoms with Crippen LogP contribution in [-0.4, -0.2) is 43.6 Å². The molecule has 0 fully saturated rings. The maximum Gasteiger partial charge on any atom is 0.247 e. The fourth-order valence-corrected chi connectivity index (χ4v) is 3.21. The molecule has 134 valence electrons. The number of anilines is 1. The van der Waals surface area contributed by atoms with E-state index in [4.69, 9.17) is 4.42 Å². The van der Waals surface area contributed by atoms with Gasteiger partial charge in [0.05, 0.1) is 25.9 Å². The number of furan rings is 1. The van der Waals surface area contributed by atoms with Gasteiger partial charge >= 0.3 is 0 Å². The Morgan fingerprint density at radius 1 is 1.31 bits per heavy atom. The first-order valence-electron chi connectivity index (χ1n) is 8.47. The van der Waals surface area contributed by atoms with Gasteiger partial charge in [-0.15, -0.1) is 10.2 Å². The van der Waals surface area contributed by atoms with Gasteiger partial charge in [0.2, 0.25) is 5.91 Å². The Bertz CT molecular complexity index is 890. The molecule has 8 nitrogen and oxygen atoms in total. The Hall–Kier alpha value is -3.00. The standard InChI is InChI=1S/C18H20N6O2/c1-13-20-21-17-12-22(2)15(11-23(13)17)18(25)24(10-14-6-5-9-26-14)16-7-3-4-8-19-16/h3-9,15H,10-12H2,1-2H3. The summed E-state index contributed by atoms with van der Waals surface area (Å²) in [5.74, 6) is 2.99. The number of hydrogen-bond acceptors (Lipinski definition) is 6. The largest absolute Gasteiger partial charge is 0.467 e. The van der Waals surface area contributed by atoms with E-state index in [0.29, 0.717) is 31.2 Å². The maximum absolute atomic E-state index is 13.4. The van der Waals surface area contributed by atoms with Gasteiger partial charge in [-0.3, -0.25) is 14.6 Å². The Kier molecular flexibility index (Phi) is 4.26. The van der Waals surface area contributed by atoms with Crippen molar-refractivity contribution in [2.75, 3.05) is 11.9 Å². The van der Waals surface area contributed by atoms with Crippen LogP contribution in [0, 0.1) is 6.92 Å². The average molecular weight is 352 g/mol. The first-order valence-corrected chi connectivity index (χ1v) is 8.47. The van der Waals surface area contributed by atoms with Gasteiger partial charge in [-0.1, -0.05) is 6.07 Å². The molecule has 1 atom stereocenters. The lowest BCUT2D eigenvalue weighted by Gasteiger charge is -2.35. The number of aryl methyl sites for hydroxylation is 1. The molecule has 8 heteroatoms. The zero-order chi connectivity index (χ0) is 18.1. The number of amides is 1. The Labute approximate surface area is 151 Å². The number of aromatic nitrogens is 4. The van der Waals surface area contributed by atoms with Crippen molar-refractivity contribution in [3.05, 3.63) is 60.2 Å². The molecular formula is C18H20N6O2. The van der Waals surface area contributed by atoms with Crippen molar-refractivity contribution in [3.8, 4) is 0 Å². The highest BCUT2D eigenvalue weighted by Gasteiger charge is 2.35. The molecule has 0 saturated carbocycles. The highest BCUT2D eigenvalue weighted by molar-refractivity contribution is 5.96. The van der Waals surface area contributed by atoms with Crippen molar-refractivity contribution >= 4 is 11.7 Å². The summed E-state index contributed by atoms with van der Waals surface area (Å²) in [6, 6.07) is 8.88. The molecule has 1 aliphatic heterocycles. The quantitative estimate of drug-likeness (QED) is 0.710. The van der Waals surface area contributed by atoms with E-state index < -0.39 is 0 Å². The van der Waals surface area contributed by atoms with Gasteiger partial charge < -0.3 is 8.98 Å². The predicted molar refractivity (Wildman–Crippen MR) is 94.1 cm³/mol. The van der Waals surface area contributed by atoms with Gasteiger partial charge in [-0.25, -0.2) is 4.98 Å². The Morgan fingerprint density at radius 2 is 2.19 bits per heavy atom. The highest BCUT2D eigenvalue weighted by Crippen LogP contribution is 2.22. The second-order valence-corrected chi connectivity index (χ2v) is 6.40. The van der Waals surface area contributed by atoms with E-state index in [0.717, 1.165) is 11.6 Å². The van der Waals surface area contributed by atoms with Gasteiger partial charge in [0.15, 0.2) is 0 Å². The normalized spacial score (nSPS) is 17.1. The number of carbonyl (C=O) groups excluding carboxylic acids is 1. The zero-order valence-electron chi connectivity index (χ0n) is 14.7. The molecule has 3 aromatic rings. The number of likely N-dealkylation sites (N-methyl/N-ethyl adjacent to an activating group) is 1. The van der Waals surface area contributed by atoms with Crippen LogP contribution in [0.15, 0.2) is 47.2 Å². The van der Waals surface area contributed by atoms with Crippen LogP contribution in [-0.2, 0) is 24.4 Å². The molecule has 0 N–H and O–H groups in total. The summed E-state index contributed by atoms with van der Waals surface area (Å²) in [6.07, 6.45) is 3.29. The zero-order valence-corrected chi connectivity index (χ0v) is 14.7. The van der Waals surface area contributed by atoms with E-state index in [1.165, 1.54) is 0 Å². The van der Waals surface area contributed by atoms with E-state index in [1.54, 1.807) is 17.4 Å². The van der Waals surface area contributed by atoms with Crippen molar-refractivity contribution in [1.29, 1.82) is 0 Å². The van der Waals surface area contributed by atoms with E-state index in [1.807, 2.05) is 53.8 Å². The maximum atomic E-state index is 13.4. The summed E-state index contributed by atoms with van der Waals surface area (Å²) in [5, 5.41) is 8.31. The molecule has 4 rings (SSSR count). The third-order valence-electron chi connectivity index (χ3n) is 4.66. The minimum atomic E-state index is -0.325. The molecule has 1 aliphatic rings. The van der Waals surface area contributed by atoms with Crippen LogP contribution >= 0.6 is 0 Å². The molecule has 0 bridgehead atoms. The van der Waals surface area contributed by atoms with Crippen LogP contribution in [0.1, 0.15) is 17.4 Å². The first kappa shape index (κ1) is 16.5. The summed E-state index contributed by atoms with van der Waals surface area (Å²) in [6.45, 7) is 3.34. The van der Waals surface area contributed by atoms with Crippen molar-refractivity contribution < 1.29 is 9.21 Å². The van der Waals surface area contributed by atoms with Crippen LogP contribution < -0.4 is 4.90 Å². The fourth-order valence-electron chi connectivity index (χ4n) is 3.21. The average Bonchev–Trinajstić information content (AvgIpc) is 3.29. The molecule has 1 amide bonds. The van der Waals surface area contributed by atoms with E-state index >= 15 is 0 Å². The minimum Gasteiger partial charge on any atom is -0.467 e. The lowest BCUT2D eigenvalue weighted by Crippen LogP contribution is -2.52. The summed E-state index contributed by atoms with van der Waals surface area (Å²) in [4.78, 5) is 21.5. The lowest BCUT2D eigenvalue weighted by molar-refractivity contribution is -0.125. The monoisotopic (exact) mass is 352 g/mol. The van der Waals surface area contributed by atoms with E-state index in [-0.39, 0.29) is 11.9 Å². The van der Waals surface area contributed by atoms with Crippen LogP contribution in [0.25, 0.3) is 0 Å². The molecule has 26 heavy (non-hydrogen) atoms. The Morgan fingerprint density at radius 3 is 2.92 bits per heavy atom. The molecule has 3 aromatic heterocycles. The van der Waals surface area contributed by atoms with Crippen molar-refractivity contribution in [2.24, 2.45) is 0 Å². The molecule has 0 saturated heterocycles. The number of carbonyl (C=O) groups is 1. The van der Waals surface area contributed by atoms with Crippen LogP contribution in [0.3, 0.4) is 0 Å². The molecular weight excluding hydrogens is 332 g/mol. The third kappa shape index (κ3) is 2.99. The number of rotatable bonds is 4. The van der Waals surface area contributed by atoms with Gasteiger partial charge in [0.25, 0.3) is 0 Å². The summed E-state index contributed by atoms with van der Waals surface area (Å²) >= 11 is 0. The van der Waals surface area contributed by atoms with Crippen LogP contribution in [0.2, 0.25) is 0 Å². The number of fused-ring (bicyclic) bond motifs is 1. The van der Waals surface area contributed by atoms with Crippen molar-refractivity contribution in [1.82, 2.24) is 24.6 Å². The topological polar surface area (TPSA) is 80.3 Å². The highest BCUT2D eigenvalue weighted by atomic mass is 16.3. The van der Waals surface area contributed by atoms with Gasteiger partial charge in [-0.05, 0) is 38.2 Å². The number of pyridine rings is 1. The third-order valence-corrected chi connectivity index (χ3v) is 4.66. The molecule has 0 aliphatic carbocycles. The number of hydrogen-bond donors (Lipinski definition) is 0. The lowest BCUT2D eigenvalue weighted by atomic mass is 10.1. The molecule has 4 heterocycles. The predicted octanol–water partition coefficient (Wildman–Crippen LogP) is 1.62. The van der Waals surface area contributed by atoms with Gasteiger partial charge in [0, 0.05) is 6.20 Å².